The van der Waals surface area contributed by atoms with Gasteiger partial charge in [0.1, 0.15) is 35.0 Å². The number of hydrogen-bond donors (Lipinski definition) is 3. The van der Waals surface area contributed by atoms with Crippen LogP contribution in [0, 0.1) is 16.7 Å². The number of hydrogen-bond acceptors (Lipinski definition) is 9. The first kappa shape index (κ1) is 30.5. The van der Waals surface area contributed by atoms with E-state index in [0.717, 1.165) is 0 Å². The Bertz CT molecular complexity index is 1780. The summed E-state index contributed by atoms with van der Waals surface area (Å²) in [6.07, 6.45) is 2.95. The predicted molar refractivity (Wildman–Crippen MR) is 166 cm³/mol. The quantitative estimate of drug-likeness (QED) is 0.174. The monoisotopic (exact) mass is 596 g/mol. The van der Waals surface area contributed by atoms with Crippen LogP contribution in [0.25, 0.3) is 16.9 Å². The molecule has 4 aromatic rings. The molecular weight excluding hydrogens is 560 g/mol. The van der Waals surface area contributed by atoms with Crippen molar-refractivity contribution in [2.24, 2.45) is 5.41 Å². The number of carbonyl (C=O) groups is 1. The summed E-state index contributed by atoms with van der Waals surface area (Å²) in [5, 5.41) is 15.9. The SMILES string of the molecule is CC(C)(CNC(=O)/C(C#N)=C/C(C)(C)NC1COC1)Cn1c(=O)n(-c2ccc(Oc3ccccc3)cc2)c2c(N)ncnc21. The van der Waals surface area contributed by atoms with Crippen molar-refractivity contribution in [3.63, 3.8) is 0 Å². The van der Waals surface area contributed by atoms with Gasteiger partial charge in [0.2, 0.25) is 0 Å². The highest BCUT2D eigenvalue weighted by Gasteiger charge is 2.29. The molecule has 2 aromatic heterocycles. The molecule has 0 bridgehead atoms. The lowest BCUT2D eigenvalue weighted by Crippen LogP contribution is -2.54. The molecule has 1 saturated heterocycles. The number of amides is 1. The molecule has 2 aromatic carbocycles. The molecule has 1 fully saturated rings. The van der Waals surface area contributed by atoms with E-state index in [9.17, 15) is 14.9 Å². The number of nitrogen functional groups attached to an aromatic ring is 1. The van der Waals surface area contributed by atoms with Crippen molar-refractivity contribution in [3.05, 3.63) is 83.1 Å². The summed E-state index contributed by atoms with van der Waals surface area (Å²) in [4.78, 5) is 35.4. The maximum Gasteiger partial charge on any atom is 0.335 e. The summed E-state index contributed by atoms with van der Waals surface area (Å²) in [6.45, 7) is 9.24. The van der Waals surface area contributed by atoms with Gasteiger partial charge in [0.25, 0.3) is 5.91 Å². The van der Waals surface area contributed by atoms with Crippen LogP contribution in [0.15, 0.2) is 77.4 Å². The Kier molecular flexibility index (Phi) is 8.53. The van der Waals surface area contributed by atoms with Gasteiger partial charge in [-0.1, -0.05) is 32.0 Å². The normalized spacial score (nSPS) is 14.2. The number of ether oxygens (including phenoxy) is 2. The van der Waals surface area contributed by atoms with Gasteiger partial charge < -0.3 is 25.8 Å². The molecule has 4 N–H and O–H groups in total. The van der Waals surface area contributed by atoms with Crippen molar-refractivity contribution < 1.29 is 14.3 Å². The van der Waals surface area contributed by atoms with Crippen molar-refractivity contribution in [2.75, 3.05) is 25.5 Å². The number of aromatic nitrogens is 4. The highest BCUT2D eigenvalue weighted by molar-refractivity contribution is 5.97. The van der Waals surface area contributed by atoms with Crippen molar-refractivity contribution >= 4 is 22.9 Å². The molecule has 44 heavy (non-hydrogen) atoms. The van der Waals surface area contributed by atoms with Crippen molar-refractivity contribution in [1.82, 2.24) is 29.7 Å². The van der Waals surface area contributed by atoms with Crippen LogP contribution in [-0.2, 0) is 16.1 Å². The Balaban J connectivity index is 1.36. The predicted octanol–water partition coefficient (Wildman–Crippen LogP) is 3.32. The number of nitrogens with zero attached hydrogens (tertiary/aromatic N) is 5. The van der Waals surface area contributed by atoms with Crippen LogP contribution in [0.2, 0.25) is 0 Å². The average Bonchev–Trinajstić information content (AvgIpc) is 3.25. The number of rotatable bonds is 11. The largest absolute Gasteiger partial charge is 0.457 e. The number of nitrogens with one attached hydrogen (secondary N) is 2. The van der Waals surface area contributed by atoms with Gasteiger partial charge in [-0.25, -0.2) is 14.8 Å². The topological polar surface area (TPSA) is 162 Å². The van der Waals surface area contributed by atoms with Gasteiger partial charge >= 0.3 is 5.69 Å². The standard InChI is InChI=1S/C32H36N8O4/c1-31(2,18-35-29(41)21(15-33)14-32(3,4)38-22-16-43-17-22)19-39-28-26(27(34)36-20-37-28)40(30(39)42)23-10-12-25(13-11-23)44-24-8-6-5-7-9-24/h5-14,20,22,38H,16-19H2,1-4H3,(H,35,41)(H2,34,36,37)/b21-14+. The molecule has 5 rings (SSSR count). The molecule has 0 spiro atoms. The van der Waals surface area contributed by atoms with E-state index in [2.05, 4.69) is 20.6 Å². The van der Waals surface area contributed by atoms with Gasteiger partial charge in [0, 0.05) is 24.0 Å². The Labute approximate surface area is 255 Å². The zero-order valence-electron chi connectivity index (χ0n) is 25.2. The number of carbonyl (C=O) groups excluding carboxylic acids is 1. The Morgan fingerprint density at radius 2 is 1.80 bits per heavy atom. The van der Waals surface area contributed by atoms with Crippen LogP contribution in [0.3, 0.4) is 0 Å². The summed E-state index contributed by atoms with van der Waals surface area (Å²) in [6, 6.07) is 18.7. The number of anilines is 1. The number of fused-ring (bicyclic) bond motifs is 1. The van der Waals surface area contributed by atoms with Gasteiger partial charge in [-0.3, -0.25) is 13.9 Å². The summed E-state index contributed by atoms with van der Waals surface area (Å²) >= 11 is 0. The lowest BCUT2D eigenvalue weighted by Gasteiger charge is -2.34. The fraction of sp³-hybridized carbons (Fsp3) is 0.344. The van der Waals surface area contributed by atoms with Gasteiger partial charge in [-0.05, 0) is 56.3 Å². The van der Waals surface area contributed by atoms with Crippen LogP contribution in [0.5, 0.6) is 11.5 Å². The summed E-state index contributed by atoms with van der Waals surface area (Å²) in [5.74, 6) is 0.983. The molecule has 0 atom stereocenters. The van der Waals surface area contributed by atoms with E-state index in [0.29, 0.717) is 41.6 Å². The first-order valence-electron chi connectivity index (χ1n) is 14.3. The smallest absolute Gasteiger partial charge is 0.335 e. The molecule has 1 aliphatic heterocycles. The number of nitriles is 1. The molecule has 12 nitrogen and oxygen atoms in total. The maximum absolute atomic E-state index is 13.9. The van der Waals surface area contributed by atoms with Gasteiger partial charge in [0.05, 0.1) is 24.9 Å². The van der Waals surface area contributed by atoms with Crippen LogP contribution in [0.1, 0.15) is 27.7 Å². The molecule has 0 saturated carbocycles. The number of para-hydroxylation sites is 1. The van der Waals surface area contributed by atoms with Gasteiger partial charge in [0.15, 0.2) is 11.5 Å². The second-order valence-electron chi connectivity index (χ2n) is 12.2. The molecule has 12 heteroatoms. The minimum absolute atomic E-state index is 0.00696. The number of imidazole rings is 1. The molecular formula is C32H36N8O4. The van der Waals surface area contributed by atoms with E-state index in [-0.39, 0.29) is 36.2 Å². The third-order valence-corrected chi connectivity index (χ3v) is 7.20. The highest BCUT2D eigenvalue weighted by Crippen LogP contribution is 2.26. The fourth-order valence-corrected chi connectivity index (χ4v) is 5.07. The third-order valence-electron chi connectivity index (χ3n) is 7.20. The fourth-order valence-electron chi connectivity index (χ4n) is 5.07. The summed E-state index contributed by atoms with van der Waals surface area (Å²) in [7, 11) is 0. The number of nitrogens with two attached hydrogens (primary N) is 1. The molecule has 0 unspecified atom stereocenters. The van der Waals surface area contributed by atoms with E-state index in [1.165, 1.54) is 15.5 Å². The van der Waals surface area contributed by atoms with Crippen LogP contribution in [0.4, 0.5) is 5.82 Å². The molecule has 3 heterocycles. The zero-order chi connectivity index (χ0) is 31.5. The maximum atomic E-state index is 13.9. The Hall–Kier alpha value is -4.99. The van der Waals surface area contributed by atoms with E-state index >= 15 is 0 Å². The highest BCUT2D eigenvalue weighted by atomic mass is 16.5. The molecule has 228 valence electrons. The molecule has 1 aliphatic rings. The Morgan fingerprint density at radius 3 is 2.43 bits per heavy atom. The van der Waals surface area contributed by atoms with Crippen LogP contribution >= 0.6 is 0 Å². The summed E-state index contributed by atoms with van der Waals surface area (Å²) < 4.78 is 14.1. The molecule has 1 amide bonds. The second kappa shape index (κ2) is 12.3. The Morgan fingerprint density at radius 1 is 1.11 bits per heavy atom. The zero-order valence-corrected chi connectivity index (χ0v) is 25.2. The average molecular weight is 597 g/mol. The van der Waals surface area contributed by atoms with Crippen molar-refractivity contribution in [1.29, 1.82) is 5.26 Å². The minimum atomic E-state index is -0.608. The van der Waals surface area contributed by atoms with Crippen molar-refractivity contribution in [2.45, 2.75) is 45.8 Å². The third kappa shape index (κ3) is 6.80. The van der Waals surface area contributed by atoms with E-state index in [1.54, 1.807) is 30.3 Å². The lowest BCUT2D eigenvalue weighted by molar-refractivity contribution is -0.117. The second-order valence-corrected chi connectivity index (χ2v) is 12.2. The first-order chi connectivity index (χ1) is 21.0. The molecule has 0 aliphatic carbocycles. The minimum Gasteiger partial charge on any atom is -0.457 e. The van der Waals surface area contributed by atoms with Gasteiger partial charge in [-0.2, -0.15) is 5.26 Å². The number of benzene rings is 2. The van der Waals surface area contributed by atoms with E-state index < -0.39 is 16.9 Å². The van der Waals surface area contributed by atoms with Gasteiger partial charge in [-0.15, -0.1) is 0 Å². The van der Waals surface area contributed by atoms with Crippen molar-refractivity contribution in [3.8, 4) is 23.3 Å². The van der Waals surface area contributed by atoms with E-state index in [1.807, 2.05) is 64.1 Å². The summed E-state index contributed by atoms with van der Waals surface area (Å²) in [5.41, 5.74) is 6.05. The molecule has 0 radical (unpaired) electrons. The van der Waals surface area contributed by atoms with Crippen LogP contribution in [-0.4, -0.2) is 56.3 Å². The lowest BCUT2D eigenvalue weighted by atomic mass is 9.93. The first-order valence-corrected chi connectivity index (χ1v) is 14.3. The van der Waals surface area contributed by atoms with Crippen LogP contribution < -0.4 is 26.8 Å². The van der Waals surface area contributed by atoms with E-state index in [4.69, 9.17) is 15.2 Å².